The summed E-state index contributed by atoms with van der Waals surface area (Å²) in [5, 5.41) is 2.26. The Bertz CT molecular complexity index is 841. The molecule has 0 saturated carbocycles. The molecule has 2 aromatic carbocycles. The van der Waals surface area contributed by atoms with Gasteiger partial charge in [-0.2, -0.15) is 0 Å². The van der Waals surface area contributed by atoms with Gasteiger partial charge in [-0.25, -0.2) is 4.79 Å². The summed E-state index contributed by atoms with van der Waals surface area (Å²) in [7, 11) is 3.26. The highest BCUT2D eigenvalue weighted by atomic mass is 16.5. The molecule has 0 aliphatic carbocycles. The number of hydrogen-bond acceptors (Lipinski definition) is 4. The molecule has 0 aromatic heterocycles. The van der Waals surface area contributed by atoms with Crippen molar-refractivity contribution in [3.8, 4) is 11.5 Å². The molecule has 0 bridgehead atoms. The van der Waals surface area contributed by atoms with Crippen molar-refractivity contribution in [2.45, 2.75) is 24.9 Å². The first-order valence-electron chi connectivity index (χ1n) is 9.28. The number of nitrogens with one attached hydrogen (secondary N) is 2. The van der Waals surface area contributed by atoms with Gasteiger partial charge in [0.05, 0.1) is 26.3 Å². The fraction of sp³-hybridized carbons (Fsp3) is 0.333. The Balaban J connectivity index is 2.02. The van der Waals surface area contributed by atoms with E-state index < -0.39 is 18.0 Å². The number of ether oxygens (including phenoxy) is 2. The first kappa shape index (κ1) is 19.7. The maximum Gasteiger partial charge on any atom is 0.319 e. The Kier molecular flexibility index (Phi) is 6.16. The fourth-order valence-corrected chi connectivity index (χ4v) is 4.06. The molecule has 2 aromatic rings. The summed E-state index contributed by atoms with van der Waals surface area (Å²) in [4.78, 5) is 25.3. The Labute approximate surface area is 164 Å². The molecular weight excluding hydrogens is 358 g/mol. The first-order valence-corrected chi connectivity index (χ1v) is 9.28. The first-order chi connectivity index (χ1) is 13.5. The zero-order chi connectivity index (χ0) is 20.1. The summed E-state index contributed by atoms with van der Waals surface area (Å²) in [6.07, 6.45) is 1.85. The van der Waals surface area contributed by atoms with Crippen LogP contribution in [0.5, 0.6) is 11.5 Å². The van der Waals surface area contributed by atoms with Crippen LogP contribution in [0.25, 0.3) is 0 Å². The molecular formula is C21H26N3O4+. The smallest absolute Gasteiger partial charge is 0.319 e. The van der Waals surface area contributed by atoms with Gasteiger partial charge in [-0.1, -0.05) is 30.3 Å². The van der Waals surface area contributed by atoms with Crippen molar-refractivity contribution in [1.29, 1.82) is 0 Å². The molecule has 7 heteroatoms. The van der Waals surface area contributed by atoms with Crippen molar-refractivity contribution in [3.63, 3.8) is 0 Å². The van der Waals surface area contributed by atoms with E-state index in [2.05, 4.69) is 5.32 Å². The third-order valence-corrected chi connectivity index (χ3v) is 5.23. The molecule has 7 nitrogen and oxygen atoms in total. The molecule has 1 fully saturated rings. The minimum Gasteiger partial charge on any atom is -0.497 e. The van der Waals surface area contributed by atoms with Crippen LogP contribution in [-0.4, -0.2) is 32.7 Å². The molecule has 1 aliphatic heterocycles. The van der Waals surface area contributed by atoms with Gasteiger partial charge in [-0.15, -0.1) is 0 Å². The van der Waals surface area contributed by atoms with Gasteiger partial charge in [-0.3, -0.25) is 10.1 Å². The SMILES string of the molecule is COc1ccc(OC)c([C@H]2CCC[NH+]2[C@H](C(=O)NC(N)=O)c2ccccc2)c1. The lowest BCUT2D eigenvalue weighted by Crippen LogP contribution is -3.11. The van der Waals surface area contributed by atoms with E-state index in [1.165, 1.54) is 0 Å². The quantitative estimate of drug-likeness (QED) is 0.701. The van der Waals surface area contributed by atoms with E-state index in [0.717, 1.165) is 46.9 Å². The summed E-state index contributed by atoms with van der Waals surface area (Å²) in [6.45, 7) is 0.788. The molecule has 4 N–H and O–H groups in total. The van der Waals surface area contributed by atoms with Gasteiger partial charge >= 0.3 is 6.03 Å². The summed E-state index contributed by atoms with van der Waals surface area (Å²) < 4.78 is 11.0. The summed E-state index contributed by atoms with van der Waals surface area (Å²) >= 11 is 0. The molecule has 3 atom stereocenters. The van der Waals surface area contributed by atoms with Crippen LogP contribution >= 0.6 is 0 Å². The van der Waals surface area contributed by atoms with Gasteiger partial charge in [0.2, 0.25) is 0 Å². The molecule has 28 heavy (non-hydrogen) atoms. The van der Waals surface area contributed by atoms with Crippen LogP contribution in [0.15, 0.2) is 48.5 Å². The average molecular weight is 384 g/mol. The Hall–Kier alpha value is -3.06. The minimum absolute atomic E-state index is 0.0221. The predicted octanol–water partition coefficient (Wildman–Crippen LogP) is 1.36. The van der Waals surface area contributed by atoms with E-state index >= 15 is 0 Å². The van der Waals surface area contributed by atoms with Crippen LogP contribution in [0.2, 0.25) is 0 Å². The largest absolute Gasteiger partial charge is 0.497 e. The van der Waals surface area contributed by atoms with Crippen molar-refractivity contribution in [1.82, 2.24) is 5.32 Å². The van der Waals surface area contributed by atoms with Gasteiger partial charge in [0.15, 0.2) is 6.04 Å². The number of urea groups is 1. The molecule has 3 amide bonds. The Morgan fingerprint density at radius 3 is 2.54 bits per heavy atom. The third-order valence-electron chi connectivity index (χ3n) is 5.23. The number of amides is 3. The summed E-state index contributed by atoms with van der Waals surface area (Å²) in [5.74, 6) is 1.09. The van der Waals surface area contributed by atoms with Gasteiger partial charge in [0.25, 0.3) is 5.91 Å². The van der Waals surface area contributed by atoms with Crippen LogP contribution in [0, 0.1) is 0 Å². The van der Waals surface area contributed by atoms with Crippen molar-refractivity contribution in [3.05, 3.63) is 59.7 Å². The van der Waals surface area contributed by atoms with Crippen LogP contribution in [0.1, 0.15) is 36.1 Å². The van der Waals surface area contributed by atoms with Crippen LogP contribution < -0.4 is 25.4 Å². The number of imide groups is 1. The number of rotatable bonds is 6. The summed E-state index contributed by atoms with van der Waals surface area (Å²) in [5.41, 5.74) is 7.05. The lowest BCUT2D eigenvalue weighted by atomic mass is 9.98. The predicted molar refractivity (Wildman–Crippen MR) is 104 cm³/mol. The monoisotopic (exact) mass is 384 g/mol. The Morgan fingerprint density at radius 1 is 1.14 bits per heavy atom. The molecule has 1 aliphatic rings. The second kappa shape index (κ2) is 8.75. The molecule has 148 valence electrons. The molecule has 1 saturated heterocycles. The number of carbonyl (C=O) groups excluding carboxylic acids is 2. The highest BCUT2D eigenvalue weighted by molar-refractivity contribution is 5.96. The van der Waals surface area contributed by atoms with E-state index in [4.69, 9.17) is 15.2 Å². The van der Waals surface area contributed by atoms with Gasteiger partial charge in [0.1, 0.15) is 17.5 Å². The fourth-order valence-electron chi connectivity index (χ4n) is 4.06. The molecule has 3 rings (SSSR count). The average Bonchev–Trinajstić information content (AvgIpc) is 3.17. The van der Waals surface area contributed by atoms with Gasteiger partial charge in [-0.05, 0) is 18.2 Å². The number of methoxy groups -OCH3 is 2. The maximum atomic E-state index is 12.9. The van der Waals surface area contributed by atoms with E-state index in [-0.39, 0.29) is 6.04 Å². The van der Waals surface area contributed by atoms with E-state index in [0.29, 0.717) is 0 Å². The molecule has 0 spiro atoms. The van der Waals surface area contributed by atoms with E-state index in [9.17, 15) is 9.59 Å². The van der Waals surface area contributed by atoms with Crippen LogP contribution in [-0.2, 0) is 4.79 Å². The Morgan fingerprint density at radius 2 is 1.89 bits per heavy atom. The number of nitrogens with two attached hydrogens (primary N) is 1. The number of likely N-dealkylation sites (tertiary alicyclic amines) is 1. The van der Waals surface area contributed by atoms with E-state index in [1.54, 1.807) is 14.2 Å². The second-order valence-electron chi connectivity index (χ2n) is 6.82. The van der Waals surface area contributed by atoms with Crippen LogP contribution in [0.3, 0.4) is 0 Å². The number of carbonyl (C=O) groups is 2. The molecule has 0 radical (unpaired) electrons. The van der Waals surface area contributed by atoms with E-state index in [1.807, 2.05) is 48.5 Å². The number of hydrogen-bond donors (Lipinski definition) is 3. The zero-order valence-electron chi connectivity index (χ0n) is 16.1. The molecule has 1 unspecified atom stereocenters. The van der Waals surface area contributed by atoms with Crippen LogP contribution in [0.4, 0.5) is 4.79 Å². The number of quaternary nitrogens is 1. The van der Waals surface area contributed by atoms with Crippen molar-refractivity contribution >= 4 is 11.9 Å². The maximum absolute atomic E-state index is 12.9. The van der Waals surface area contributed by atoms with Crippen molar-refractivity contribution < 1.29 is 24.0 Å². The standard InChI is InChI=1S/C21H25N3O4/c1-27-15-10-11-18(28-2)16(13-15)17-9-6-12-24(17)19(20(25)23-21(22)26)14-7-4-3-5-8-14/h3-5,7-8,10-11,13,17,19H,6,9,12H2,1-2H3,(H3,22,23,25,26)/p+1/t17-,19+/m1/s1. The number of benzene rings is 2. The highest BCUT2D eigenvalue weighted by Crippen LogP contribution is 2.33. The lowest BCUT2D eigenvalue weighted by Gasteiger charge is -2.30. The molecule has 1 heterocycles. The van der Waals surface area contributed by atoms with Crippen molar-refractivity contribution in [2.24, 2.45) is 5.73 Å². The lowest BCUT2D eigenvalue weighted by molar-refractivity contribution is -0.940. The third kappa shape index (κ3) is 4.09. The summed E-state index contributed by atoms with van der Waals surface area (Å²) in [6, 6.07) is 13.8. The normalized spacial score (nSPS) is 19.6. The highest BCUT2D eigenvalue weighted by Gasteiger charge is 2.42. The van der Waals surface area contributed by atoms with Gasteiger partial charge < -0.3 is 20.1 Å². The topological polar surface area (TPSA) is 95.1 Å². The minimum atomic E-state index is -0.847. The van der Waals surface area contributed by atoms with Crippen molar-refractivity contribution in [2.75, 3.05) is 20.8 Å². The number of primary amides is 1. The van der Waals surface area contributed by atoms with Gasteiger partial charge in [0, 0.05) is 18.4 Å². The zero-order valence-corrected chi connectivity index (χ0v) is 16.1. The second-order valence-corrected chi connectivity index (χ2v) is 6.82.